The second kappa shape index (κ2) is 11.6. The molecule has 1 aliphatic heterocycles. The maximum atomic E-state index is 6.81. The molecule has 1 aliphatic carbocycles. The van der Waals surface area contributed by atoms with Crippen molar-refractivity contribution in [3.8, 4) is 17.2 Å². The molecule has 5 nitrogen and oxygen atoms in total. The Hall–Kier alpha value is -4.21. The van der Waals surface area contributed by atoms with Crippen LogP contribution in [0.5, 0.6) is 11.5 Å². The van der Waals surface area contributed by atoms with Crippen LogP contribution in [0, 0.1) is 9.22 Å². The predicted molar refractivity (Wildman–Crippen MR) is 215 cm³/mol. The van der Waals surface area contributed by atoms with E-state index in [1.165, 1.54) is 39.0 Å². The van der Waals surface area contributed by atoms with Gasteiger partial charge in [-0.2, -0.15) is 0 Å². The number of anilines is 3. The second-order valence-corrected chi connectivity index (χ2v) is 19.3. The molecule has 276 valence electrons. The van der Waals surface area contributed by atoms with E-state index in [-0.39, 0.29) is 27.1 Å². The Labute approximate surface area is 326 Å². The molecule has 3 heterocycles. The van der Waals surface area contributed by atoms with Crippen LogP contribution in [0.25, 0.3) is 16.7 Å². The van der Waals surface area contributed by atoms with Gasteiger partial charge in [-0.05, 0) is 38.9 Å². The van der Waals surface area contributed by atoms with E-state index in [2.05, 4.69) is 202 Å². The molecule has 0 atom stereocenters. The molecule has 8 rings (SSSR count). The number of pyridine rings is 1. The molecular weight excluding hydrogens is 832 g/mol. The number of ether oxygens (including phenoxy) is 1. The van der Waals surface area contributed by atoms with Gasteiger partial charge in [0.2, 0.25) is 0 Å². The van der Waals surface area contributed by atoms with Gasteiger partial charge in [-0.1, -0.05) is 74.4 Å². The van der Waals surface area contributed by atoms with Crippen LogP contribution in [0.15, 0.2) is 97.2 Å². The van der Waals surface area contributed by atoms with Crippen molar-refractivity contribution in [2.75, 3.05) is 4.90 Å². The van der Waals surface area contributed by atoms with Crippen molar-refractivity contribution in [1.29, 1.82) is 0 Å². The van der Waals surface area contributed by atoms with Crippen LogP contribution in [0.3, 0.4) is 0 Å². The molecule has 6 heteroatoms. The van der Waals surface area contributed by atoms with Crippen molar-refractivity contribution >= 4 is 28.2 Å². The Bertz CT molecular complexity index is 2520. The summed E-state index contributed by atoms with van der Waals surface area (Å²) < 4.78 is 12.5. The topological polar surface area (TPSA) is 35.2 Å². The summed E-state index contributed by atoms with van der Waals surface area (Å²) in [7, 11) is 2.12. The van der Waals surface area contributed by atoms with Gasteiger partial charge in [0.15, 0.2) is 0 Å². The third-order valence-corrected chi connectivity index (χ3v) is 14.7. The summed E-state index contributed by atoms with van der Waals surface area (Å²) in [6.45, 7) is 26.2. The first-order chi connectivity index (χ1) is 24.8. The van der Waals surface area contributed by atoms with E-state index < -0.39 is 0 Å². The fraction of sp³-hybridized carbons (Fsp3) is 0.362. The van der Waals surface area contributed by atoms with Crippen LogP contribution in [0.2, 0.25) is 0 Å². The minimum atomic E-state index is -0.259. The van der Waals surface area contributed by atoms with Crippen LogP contribution in [0.1, 0.15) is 104 Å². The number of nitrogens with zero attached hydrogens (tertiary/aromatic N) is 4. The van der Waals surface area contributed by atoms with Gasteiger partial charge in [-0.15, -0.1) is 0 Å². The van der Waals surface area contributed by atoms with Crippen molar-refractivity contribution in [2.24, 2.45) is 12.5 Å². The number of hydrogen-bond donors (Lipinski definition) is 0. The van der Waals surface area contributed by atoms with Crippen LogP contribution in [-0.2, 0) is 48.1 Å². The first-order valence-corrected chi connectivity index (χ1v) is 19.9. The van der Waals surface area contributed by atoms with Gasteiger partial charge in [0.05, 0.1) is 0 Å². The molecule has 2 aromatic heterocycles. The molecule has 0 unspecified atom stereocenters. The zero-order chi connectivity index (χ0) is 38.0. The third-order valence-electron chi connectivity index (χ3n) is 13.4. The van der Waals surface area contributed by atoms with Gasteiger partial charge < -0.3 is 0 Å². The summed E-state index contributed by atoms with van der Waals surface area (Å²) in [5.41, 5.74) is 12.0. The molecule has 0 bridgehead atoms. The number of imidazole rings is 1. The molecule has 0 radical (unpaired) electrons. The Kier molecular flexibility index (Phi) is 7.86. The van der Waals surface area contributed by atoms with Gasteiger partial charge in [0.1, 0.15) is 0 Å². The van der Waals surface area contributed by atoms with Gasteiger partial charge in [-0.25, -0.2) is 0 Å². The number of rotatable bonds is 4. The van der Waals surface area contributed by atoms with Gasteiger partial charge in [0, 0.05) is 6.20 Å². The van der Waals surface area contributed by atoms with Crippen molar-refractivity contribution in [2.45, 2.75) is 97.8 Å². The van der Waals surface area contributed by atoms with E-state index in [9.17, 15) is 0 Å². The van der Waals surface area contributed by atoms with E-state index in [4.69, 9.17) is 9.72 Å². The fourth-order valence-electron chi connectivity index (χ4n) is 9.04. The Morgan fingerprint density at radius 1 is 0.679 bits per heavy atom. The van der Waals surface area contributed by atoms with E-state index >= 15 is 0 Å². The fourth-order valence-corrected chi connectivity index (χ4v) is 9.88. The standard InChI is InChI=1S/C47H52N4O.Pt/c1-43(2,3)30-24-25-48-40(26-30)51-39-28-33(52-32-17-15-16-31(27-32)50-29-49(12)37-18-13-14-19-38(37)50)20-21-34(39)44(4,5)36-23-22-35-41(42(36)51)46(8,9)47(10,11)45(35,6)7;/h13-28H,1-12H3;. The van der Waals surface area contributed by atoms with Crippen LogP contribution < -0.4 is 9.64 Å². The summed E-state index contributed by atoms with van der Waals surface area (Å²) in [6.07, 6.45) is 1.98. The van der Waals surface area contributed by atoms with Crippen LogP contribution >= 0.6 is 0 Å². The molecule has 0 saturated heterocycles. The normalized spacial score (nSPS) is 17.7. The SMILES string of the molecule is Cn1[c](=[Pt])n(-c2cccc(Oc3ccc4c(c3)N(c3cc(C(C)(C)C)ccn3)c3c(ccc5c3C(C)(C)C(C)(C)C5(C)C)C4(C)C)c2)c2ccccc21. The molecule has 0 spiro atoms. The average Bonchev–Trinajstić information content (AvgIpc) is 3.41. The quantitative estimate of drug-likeness (QED) is 0.177. The molecule has 6 aromatic rings. The molecule has 0 N–H and O–H groups in total. The van der Waals surface area contributed by atoms with Crippen molar-refractivity contribution in [1.82, 2.24) is 14.1 Å². The Balaban J connectivity index is 1.33. The van der Waals surface area contributed by atoms with E-state index in [1.54, 1.807) is 0 Å². The van der Waals surface area contributed by atoms with Gasteiger partial charge in [0.25, 0.3) is 0 Å². The first kappa shape index (κ1) is 35.8. The number of aromatic nitrogens is 3. The third kappa shape index (κ3) is 5.05. The van der Waals surface area contributed by atoms with E-state index in [0.717, 1.165) is 38.0 Å². The summed E-state index contributed by atoms with van der Waals surface area (Å²) >= 11 is 2.41. The number of benzene rings is 4. The molecule has 53 heavy (non-hydrogen) atoms. The van der Waals surface area contributed by atoms with Crippen molar-refractivity contribution < 1.29 is 24.1 Å². The molecule has 2 aliphatic rings. The minimum absolute atomic E-state index is 0.00412. The van der Waals surface area contributed by atoms with Gasteiger partial charge >= 0.3 is 208 Å². The van der Waals surface area contributed by atoms with Gasteiger partial charge in [-0.3, -0.25) is 0 Å². The Morgan fingerprint density at radius 3 is 2.06 bits per heavy atom. The predicted octanol–water partition coefficient (Wildman–Crippen LogP) is 12.2. The summed E-state index contributed by atoms with van der Waals surface area (Å²) in [6, 6.07) is 32.9. The monoisotopic (exact) mass is 883 g/mol. The number of fused-ring (bicyclic) bond motifs is 5. The molecule has 4 aromatic carbocycles. The average molecular weight is 884 g/mol. The number of para-hydroxylation sites is 2. The molecular formula is C47H52N4OPt. The zero-order valence-electron chi connectivity index (χ0n) is 33.3. The van der Waals surface area contributed by atoms with Crippen molar-refractivity contribution in [3.05, 3.63) is 129 Å². The summed E-state index contributed by atoms with van der Waals surface area (Å²) in [5.74, 6) is 2.52. The number of hydrogen-bond acceptors (Lipinski definition) is 3. The zero-order valence-corrected chi connectivity index (χ0v) is 35.5. The number of aryl methyl sites for hydroxylation is 1. The second-order valence-electron chi connectivity index (χ2n) is 18.3. The first-order valence-electron chi connectivity index (χ1n) is 18.8. The summed E-state index contributed by atoms with van der Waals surface area (Å²) in [5, 5.41) is 0. The molecule has 0 saturated carbocycles. The van der Waals surface area contributed by atoms with E-state index in [1.807, 2.05) is 12.3 Å². The van der Waals surface area contributed by atoms with Crippen LogP contribution in [-0.4, -0.2) is 14.1 Å². The van der Waals surface area contributed by atoms with E-state index in [0.29, 0.717) is 0 Å². The Morgan fingerprint density at radius 2 is 1.34 bits per heavy atom. The summed E-state index contributed by atoms with van der Waals surface area (Å²) in [4.78, 5) is 7.60. The maximum absolute atomic E-state index is 6.81. The molecule has 0 fully saturated rings. The van der Waals surface area contributed by atoms with Crippen LogP contribution in [0.4, 0.5) is 17.2 Å². The molecule has 0 amide bonds. The van der Waals surface area contributed by atoms with Crippen molar-refractivity contribution in [3.63, 3.8) is 0 Å².